The van der Waals surface area contributed by atoms with E-state index in [1.54, 1.807) is 0 Å². The van der Waals surface area contributed by atoms with E-state index in [0.717, 1.165) is 9.58 Å². The summed E-state index contributed by atoms with van der Waals surface area (Å²) in [6.45, 7) is 1.90. The molecule has 0 aromatic rings. The van der Waals surface area contributed by atoms with Crippen molar-refractivity contribution in [3.05, 3.63) is 0 Å². The smallest absolute Gasteiger partial charge is 0.262 e. The molecule has 0 N–H and O–H groups in total. The first-order valence-corrected chi connectivity index (χ1v) is 4.21. The summed E-state index contributed by atoms with van der Waals surface area (Å²) >= 11 is 11.8. The molecule has 6 heteroatoms. The largest absolute Gasteiger partial charge is 0.271 e. The van der Waals surface area contributed by atoms with Gasteiger partial charge in [-0.2, -0.15) is 3.82 Å². The number of carbonyl (C=O) groups excluding carboxylic acids is 1. The van der Waals surface area contributed by atoms with Crippen LogP contribution in [0.25, 0.3) is 0 Å². The molecule has 0 aliphatic carbocycles. The fourth-order valence-corrected chi connectivity index (χ4v) is 1.27. The van der Waals surface area contributed by atoms with Crippen LogP contribution in [0.3, 0.4) is 0 Å². The average molecular weight is 225 g/mol. The number of amides is 1. The second kappa shape index (κ2) is 7.79. The van der Waals surface area contributed by atoms with Crippen LogP contribution in [0, 0.1) is 0 Å². The quantitative estimate of drug-likeness (QED) is 0.417. The van der Waals surface area contributed by atoms with E-state index in [9.17, 15) is 4.79 Å². The van der Waals surface area contributed by atoms with E-state index in [1.165, 1.54) is 11.9 Å². The van der Waals surface area contributed by atoms with E-state index >= 15 is 0 Å². The molecule has 0 atom stereocenters. The fraction of sp³-hybridized carbons (Fsp3) is 0.750. The molecule has 0 radical (unpaired) electrons. The normalized spacial score (nSPS) is 8.30. The van der Waals surface area contributed by atoms with Gasteiger partial charge in [0.25, 0.3) is 5.91 Å². The Morgan fingerprint density at radius 1 is 1.70 bits per heavy atom. The van der Waals surface area contributed by atoms with Gasteiger partial charge in [0.15, 0.2) is 0 Å². The molecule has 0 spiro atoms. The predicted molar refractivity (Wildman–Crippen MR) is 48.8 cm³/mol. The standard InChI is InChI=1S/C4H7Cl2NOS.ClH/c1-2-9-7(6)4(8)3-5;/h2-3H2,1H3;1H. The van der Waals surface area contributed by atoms with E-state index in [0.29, 0.717) is 0 Å². The molecule has 0 aliphatic heterocycles. The molecule has 0 bridgehead atoms. The Bertz CT molecular complexity index is 103. The first-order chi connectivity index (χ1) is 4.22. The van der Waals surface area contributed by atoms with E-state index in [4.69, 9.17) is 23.4 Å². The molecular weight excluding hydrogens is 216 g/mol. The Hall–Kier alpha value is 0.690. The molecule has 0 aromatic heterocycles. The molecule has 2 nitrogen and oxygen atoms in total. The van der Waals surface area contributed by atoms with Crippen LogP contribution in [0.1, 0.15) is 6.92 Å². The summed E-state index contributed by atoms with van der Waals surface area (Å²) < 4.78 is 1.02. The lowest BCUT2D eigenvalue weighted by molar-refractivity contribution is -0.120. The van der Waals surface area contributed by atoms with Gasteiger partial charge in [0.2, 0.25) is 0 Å². The topological polar surface area (TPSA) is 20.3 Å². The van der Waals surface area contributed by atoms with Crippen LogP contribution < -0.4 is 0 Å². The molecule has 10 heavy (non-hydrogen) atoms. The van der Waals surface area contributed by atoms with E-state index in [1.807, 2.05) is 6.92 Å². The maximum atomic E-state index is 10.5. The van der Waals surface area contributed by atoms with Gasteiger partial charge in [-0.25, -0.2) is 0 Å². The van der Waals surface area contributed by atoms with Crippen LogP contribution in [0.15, 0.2) is 0 Å². The molecule has 0 fully saturated rings. The van der Waals surface area contributed by atoms with Gasteiger partial charge in [-0.1, -0.05) is 6.92 Å². The minimum atomic E-state index is -0.273. The molecule has 0 unspecified atom stereocenters. The zero-order chi connectivity index (χ0) is 7.28. The number of carbonyl (C=O) groups is 1. The van der Waals surface area contributed by atoms with Crippen LogP contribution in [-0.2, 0) is 4.79 Å². The molecule has 0 saturated heterocycles. The summed E-state index contributed by atoms with van der Waals surface area (Å²) in [4.78, 5) is 10.5. The van der Waals surface area contributed by atoms with Gasteiger partial charge < -0.3 is 0 Å². The average Bonchev–Trinajstić information content (AvgIpc) is 1.87. The summed E-state index contributed by atoms with van der Waals surface area (Å²) in [5.74, 6) is 0.438. The van der Waals surface area contributed by atoms with Crippen LogP contribution in [0.5, 0.6) is 0 Å². The highest BCUT2D eigenvalue weighted by Crippen LogP contribution is 2.12. The highest BCUT2D eigenvalue weighted by molar-refractivity contribution is 7.98. The molecule has 0 aromatic carbocycles. The third-order valence-corrected chi connectivity index (χ3v) is 1.95. The first kappa shape index (κ1) is 13.3. The van der Waals surface area contributed by atoms with Crippen molar-refractivity contribution in [3.63, 3.8) is 0 Å². The van der Waals surface area contributed by atoms with Crippen LogP contribution in [0.2, 0.25) is 0 Å². The maximum Gasteiger partial charge on any atom is 0.262 e. The predicted octanol–water partition coefficient (Wildman–Crippen LogP) is 2.30. The third-order valence-electron chi connectivity index (χ3n) is 0.553. The summed E-state index contributed by atoms with van der Waals surface area (Å²) in [6.07, 6.45) is 0. The monoisotopic (exact) mass is 223 g/mol. The lowest BCUT2D eigenvalue weighted by atomic mass is 10.8. The van der Waals surface area contributed by atoms with E-state index in [2.05, 4.69) is 0 Å². The Balaban J connectivity index is 0. The van der Waals surface area contributed by atoms with Crippen molar-refractivity contribution in [2.45, 2.75) is 6.92 Å². The maximum absolute atomic E-state index is 10.5. The highest BCUT2D eigenvalue weighted by atomic mass is 35.5. The van der Waals surface area contributed by atoms with Gasteiger partial charge >= 0.3 is 0 Å². The molecule has 0 heterocycles. The second-order valence-corrected chi connectivity index (χ2v) is 3.20. The van der Waals surface area contributed by atoms with Gasteiger partial charge in [-0.15, -0.1) is 24.0 Å². The minimum Gasteiger partial charge on any atom is -0.271 e. The Kier molecular flexibility index (Phi) is 10.4. The van der Waals surface area contributed by atoms with Crippen molar-refractivity contribution >= 4 is 53.6 Å². The molecule has 0 aliphatic rings. The number of rotatable bonds is 3. The highest BCUT2D eigenvalue weighted by Gasteiger charge is 2.07. The number of alkyl halides is 1. The fourth-order valence-electron chi connectivity index (χ4n) is 0.232. The van der Waals surface area contributed by atoms with Gasteiger partial charge in [0, 0.05) is 17.5 Å². The van der Waals surface area contributed by atoms with Crippen molar-refractivity contribution in [2.24, 2.45) is 0 Å². The number of nitrogens with zero attached hydrogens (tertiary/aromatic N) is 1. The Labute approximate surface area is 80.9 Å². The molecule has 0 rings (SSSR count). The van der Waals surface area contributed by atoms with Crippen molar-refractivity contribution in [2.75, 3.05) is 11.6 Å². The lowest BCUT2D eigenvalue weighted by Crippen LogP contribution is -2.15. The minimum absolute atomic E-state index is 0. The second-order valence-electron chi connectivity index (χ2n) is 1.19. The summed E-state index contributed by atoms with van der Waals surface area (Å²) in [6, 6.07) is 0. The lowest BCUT2D eigenvalue weighted by Gasteiger charge is -2.07. The van der Waals surface area contributed by atoms with E-state index in [-0.39, 0.29) is 24.2 Å². The zero-order valence-corrected chi connectivity index (χ0v) is 8.49. The SMILES string of the molecule is CCSN(Cl)C(=O)CCl.Cl. The van der Waals surface area contributed by atoms with Gasteiger partial charge in [-0.3, -0.25) is 4.79 Å². The van der Waals surface area contributed by atoms with Crippen molar-refractivity contribution in [1.82, 2.24) is 3.82 Å². The number of hydrogen-bond acceptors (Lipinski definition) is 2. The zero-order valence-electron chi connectivity index (χ0n) is 5.34. The number of hydrogen-bond donors (Lipinski definition) is 0. The summed E-state index contributed by atoms with van der Waals surface area (Å²) in [5, 5.41) is 0. The van der Waals surface area contributed by atoms with Crippen LogP contribution in [0.4, 0.5) is 0 Å². The molecule has 62 valence electrons. The molecular formula is C4H8Cl3NOS. The van der Waals surface area contributed by atoms with E-state index < -0.39 is 0 Å². The molecule has 0 saturated carbocycles. The molecule has 1 amide bonds. The van der Waals surface area contributed by atoms with Crippen molar-refractivity contribution in [1.29, 1.82) is 0 Å². The summed E-state index contributed by atoms with van der Waals surface area (Å²) in [5.41, 5.74) is 0. The van der Waals surface area contributed by atoms with Gasteiger partial charge in [0.05, 0.1) is 0 Å². The van der Waals surface area contributed by atoms with Crippen molar-refractivity contribution in [3.8, 4) is 0 Å². The Morgan fingerprint density at radius 3 is 2.50 bits per heavy atom. The van der Waals surface area contributed by atoms with Gasteiger partial charge in [0.1, 0.15) is 5.88 Å². The third kappa shape index (κ3) is 5.47. The van der Waals surface area contributed by atoms with Crippen LogP contribution >= 0.6 is 47.7 Å². The number of halogens is 3. The van der Waals surface area contributed by atoms with Gasteiger partial charge in [-0.05, 0) is 11.9 Å². The first-order valence-electron chi connectivity index (χ1n) is 2.40. The van der Waals surface area contributed by atoms with Crippen LogP contribution in [-0.4, -0.2) is 21.4 Å². The Morgan fingerprint density at radius 2 is 2.20 bits per heavy atom. The van der Waals surface area contributed by atoms with Crippen molar-refractivity contribution < 1.29 is 4.79 Å². The summed E-state index contributed by atoms with van der Waals surface area (Å²) in [7, 11) is 0.